The molecule has 1 aliphatic heterocycles. The summed E-state index contributed by atoms with van der Waals surface area (Å²) in [6.07, 6.45) is 3.53. The Morgan fingerprint density at radius 1 is 1.30 bits per heavy atom. The van der Waals surface area contributed by atoms with E-state index < -0.39 is 11.7 Å². The number of hydrogen-bond acceptors (Lipinski definition) is 3. The van der Waals surface area contributed by atoms with Gasteiger partial charge in [0.15, 0.2) is 0 Å². The number of carbonyl (C=O) groups excluding carboxylic acids is 2. The van der Waals surface area contributed by atoms with Crippen LogP contribution in [0, 0.1) is 11.7 Å². The van der Waals surface area contributed by atoms with Crippen molar-refractivity contribution >= 4 is 23.4 Å². The molecule has 5 nitrogen and oxygen atoms in total. The van der Waals surface area contributed by atoms with Gasteiger partial charge in [0.2, 0.25) is 11.8 Å². The number of carbonyl (C=O) groups is 2. The lowest BCUT2D eigenvalue weighted by Gasteiger charge is -2.26. The molecule has 1 saturated heterocycles. The van der Waals surface area contributed by atoms with Gasteiger partial charge in [0, 0.05) is 29.6 Å². The molecular weight excluding hydrogens is 371 g/mol. The molecule has 2 heterocycles. The van der Waals surface area contributed by atoms with Gasteiger partial charge in [-0.2, -0.15) is 0 Å². The molecule has 0 radical (unpaired) electrons. The van der Waals surface area contributed by atoms with E-state index in [1.807, 2.05) is 0 Å². The first-order valence-electron chi connectivity index (χ1n) is 9.06. The van der Waals surface area contributed by atoms with Crippen molar-refractivity contribution in [2.24, 2.45) is 5.92 Å². The van der Waals surface area contributed by atoms with Crippen molar-refractivity contribution in [2.75, 3.05) is 6.54 Å². The number of nitrogens with zero attached hydrogens (tertiary/aromatic N) is 2. The third-order valence-electron chi connectivity index (χ3n) is 5.15. The molecule has 2 aliphatic rings. The highest BCUT2D eigenvalue weighted by Crippen LogP contribution is 2.33. The van der Waals surface area contributed by atoms with Crippen LogP contribution in [0.4, 0.5) is 4.39 Å². The Morgan fingerprint density at radius 3 is 2.78 bits per heavy atom. The molecule has 2 aromatic rings. The molecule has 2 fully saturated rings. The van der Waals surface area contributed by atoms with E-state index in [0.717, 1.165) is 12.8 Å². The molecule has 0 bridgehead atoms. The van der Waals surface area contributed by atoms with Crippen molar-refractivity contribution in [2.45, 2.75) is 38.4 Å². The van der Waals surface area contributed by atoms with Gasteiger partial charge in [-0.25, -0.2) is 4.39 Å². The Balaban J connectivity index is 1.47. The molecule has 4 rings (SSSR count). The number of rotatable bonds is 6. The van der Waals surface area contributed by atoms with Crippen LogP contribution in [-0.2, 0) is 22.7 Å². The third kappa shape index (κ3) is 3.86. The number of hydrogen-bond donors (Lipinski definition) is 0. The number of amides is 2. The lowest BCUT2D eigenvalue weighted by Crippen LogP contribution is -2.38. The van der Waals surface area contributed by atoms with Gasteiger partial charge in [-0.05, 0) is 37.1 Å². The van der Waals surface area contributed by atoms with Crippen molar-refractivity contribution in [3.8, 4) is 0 Å². The second kappa shape index (κ2) is 7.35. The van der Waals surface area contributed by atoms with Crippen molar-refractivity contribution in [3.63, 3.8) is 0 Å². The second-order valence-electron chi connectivity index (χ2n) is 7.15. The molecule has 2 amide bonds. The van der Waals surface area contributed by atoms with E-state index in [9.17, 15) is 14.0 Å². The number of likely N-dealkylation sites (tertiary alicyclic amines) is 1. The molecule has 27 heavy (non-hydrogen) atoms. The smallest absolute Gasteiger partial charge is 0.228 e. The summed E-state index contributed by atoms with van der Waals surface area (Å²) >= 11 is 6.14. The van der Waals surface area contributed by atoms with Crippen LogP contribution in [0.2, 0.25) is 5.02 Å². The number of furan rings is 1. The molecule has 1 unspecified atom stereocenters. The molecule has 0 N–H and O–H groups in total. The minimum Gasteiger partial charge on any atom is -0.467 e. The fourth-order valence-corrected chi connectivity index (χ4v) is 3.77. The summed E-state index contributed by atoms with van der Waals surface area (Å²) in [5.74, 6) is -0.313. The zero-order chi connectivity index (χ0) is 19.0. The average molecular weight is 391 g/mol. The Labute approximate surface area is 161 Å². The molecule has 1 aromatic carbocycles. The first kappa shape index (κ1) is 18.0. The average Bonchev–Trinajstić information content (AvgIpc) is 3.22. The fraction of sp³-hybridized carbons (Fsp3) is 0.400. The minimum atomic E-state index is -0.418. The van der Waals surface area contributed by atoms with Gasteiger partial charge in [0.1, 0.15) is 11.6 Å². The van der Waals surface area contributed by atoms with Crippen molar-refractivity contribution in [1.29, 1.82) is 0 Å². The van der Waals surface area contributed by atoms with Gasteiger partial charge in [-0.15, -0.1) is 0 Å². The largest absolute Gasteiger partial charge is 0.467 e. The van der Waals surface area contributed by atoms with E-state index in [0.29, 0.717) is 29.4 Å². The number of benzene rings is 1. The normalized spacial score (nSPS) is 19.6. The van der Waals surface area contributed by atoms with Crippen LogP contribution in [0.25, 0.3) is 0 Å². The molecule has 1 saturated carbocycles. The van der Waals surface area contributed by atoms with E-state index in [2.05, 4.69) is 0 Å². The minimum absolute atomic E-state index is 0.0654. The molecule has 1 atom stereocenters. The van der Waals surface area contributed by atoms with Crippen LogP contribution in [0.5, 0.6) is 0 Å². The summed E-state index contributed by atoms with van der Waals surface area (Å²) in [6.45, 7) is 0.850. The monoisotopic (exact) mass is 390 g/mol. The van der Waals surface area contributed by atoms with Crippen molar-refractivity contribution < 1.29 is 18.4 Å². The van der Waals surface area contributed by atoms with Gasteiger partial charge in [0.25, 0.3) is 0 Å². The summed E-state index contributed by atoms with van der Waals surface area (Å²) in [5.41, 5.74) is 0.330. The Morgan fingerprint density at radius 2 is 2.11 bits per heavy atom. The summed E-state index contributed by atoms with van der Waals surface area (Å²) in [6, 6.07) is 8.19. The van der Waals surface area contributed by atoms with Crippen LogP contribution in [-0.4, -0.2) is 34.2 Å². The van der Waals surface area contributed by atoms with Gasteiger partial charge < -0.3 is 14.2 Å². The summed E-state index contributed by atoms with van der Waals surface area (Å²) < 4.78 is 19.5. The van der Waals surface area contributed by atoms with E-state index in [-0.39, 0.29) is 30.8 Å². The highest BCUT2D eigenvalue weighted by atomic mass is 35.5. The Hall–Kier alpha value is -2.34. The predicted molar refractivity (Wildman–Crippen MR) is 97.2 cm³/mol. The van der Waals surface area contributed by atoms with Gasteiger partial charge in [-0.1, -0.05) is 17.7 Å². The van der Waals surface area contributed by atoms with Gasteiger partial charge in [-0.3, -0.25) is 9.59 Å². The van der Waals surface area contributed by atoms with Crippen molar-refractivity contribution in [1.82, 2.24) is 9.80 Å². The van der Waals surface area contributed by atoms with Crippen LogP contribution in [0.1, 0.15) is 30.6 Å². The summed E-state index contributed by atoms with van der Waals surface area (Å²) in [7, 11) is 0. The quantitative estimate of drug-likeness (QED) is 0.757. The van der Waals surface area contributed by atoms with E-state index in [4.69, 9.17) is 16.0 Å². The molecule has 7 heteroatoms. The predicted octanol–water partition coefficient (Wildman–Crippen LogP) is 3.61. The van der Waals surface area contributed by atoms with Gasteiger partial charge >= 0.3 is 0 Å². The zero-order valence-corrected chi connectivity index (χ0v) is 15.5. The second-order valence-corrected chi connectivity index (χ2v) is 7.56. The topological polar surface area (TPSA) is 53.8 Å². The van der Waals surface area contributed by atoms with Crippen LogP contribution in [0.3, 0.4) is 0 Å². The molecule has 1 aromatic heterocycles. The first-order valence-corrected chi connectivity index (χ1v) is 9.44. The Bertz CT molecular complexity index is 831. The summed E-state index contributed by atoms with van der Waals surface area (Å²) in [4.78, 5) is 28.8. The maximum atomic E-state index is 14.2. The van der Waals surface area contributed by atoms with Crippen LogP contribution >= 0.6 is 11.6 Å². The molecular formula is C20H20ClFN2O3. The standard InChI is InChI=1S/C20H20ClFN2O3/c21-17-4-1-5-18(22)16(17)12-24(14-6-7-14)20(26)13-9-19(25)23(10-13)11-15-3-2-8-27-15/h1-5,8,13-14H,6-7,9-12H2. The third-order valence-corrected chi connectivity index (χ3v) is 5.51. The highest BCUT2D eigenvalue weighted by molar-refractivity contribution is 6.31. The molecule has 142 valence electrons. The Kier molecular flexibility index (Phi) is 4.91. The van der Waals surface area contributed by atoms with Crippen LogP contribution < -0.4 is 0 Å². The molecule has 0 spiro atoms. The van der Waals surface area contributed by atoms with Crippen molar-refractivity contribution in [3.05, 3.63) is 58.8 Å². The molecule has 1 aliphatic carbocycles. The fourth-order valence-electron chi connectivity index (χ4n) is 3.54. The first-order chi connectivity index (χ1) is 13.0. The maximum Gasteiger partial charge on any atom is 0.228 e. The van der Waals surface area contributed by atoms with E-state index in [1.54, 1.807) is 40.3 Å². The lowest BCUT2D eigenvalue weighted by atomic mass is 10.1. The summed E-state index contributed by atoms with van der Waals surface area (Å²) in [5, 5.41) is 0.315. The highest BCUT2D eigenvalue weighted by Gasteiger charge is 2.41. The van der Waals surface area contributed by atoms with Gasteiger partial charge in [0.05, 0.1) is 25.3 Å². The number of halogens is 2. The zero-order valence-electron chi connectivity index (χ0n) is 14.7. The lowest BCUT2D eigenvalue weighted by molar-refractivity contribution is -0.137. The van der Waals surface area contributed by atoms with E-state index in [1.165, 1.54) is 6.07 Å². The van der Waals surface area contributed by atoms with Crippen LogP contribution in [0.15, 0.2) is 41.0 Å². The maximum absolute atomic E-state index is 14.2. The van der Waals surface area contributed by atoms with E-state index >= 15 is 0 Å². The SMILES string of the molecule is O=C1CC(C(=O)N(Cc2c(F)cccc2Cl)C2CC2)CN1Cc1ccco1.